The SMILES string of the molecule is NC(=CC(=O)c1cncs1)C(=O)Nc1cnn(Cc2ccccc2)c1. The lowest BCUT2D eigenvalue weighted by Crippen LogP contribution is -2.20. The zero-order chi connectivity index (χ0) is 17.6. The Hall–Kier alpha value is -3.26. The van der Waals surface area contributed by atoms with E-state index in [4.69, 9.17) is 5.73 Å². The number of nitrogens with zero attached hydrogens (tertiary/aromatic N) is 3. The topological polar surface area (TPSA) is 103 Å². The molecular formula is C17H15N5O2S. The van der Waals surface area contributed by atoms with E-state index in [1.165, 1.54) is 23.7 Å². The van der Waals surface area contributed by atoms with Crippen molar-refractivity contribution in [3.05, 3.63) is 76.6 Å². The lowest BCUT2D eigenvalue weighted by molar-refractivity contribution is -0.112. The van der Waals surface area contributed by atoms with E-state index in [2.05, 4.69) is 15.4 Å². The molecule has 0 radical (unpaired) electrons. The summed E-state index contributed by atoms with van der Waals surface area (Å²) in [5.74, 6) is -0.910. The number of nitrogens with one attached hydrogen (secondary N) is 1. The number of rotatable bonds is 6. The fraction of sp³-hybridized carbons (Fsp3) is 0.0588. The highest BCUT2D eigenvalue weighted by Crippen LogP contribution is 2.10. The first-order valence-electron chi connectivity index (χ1n) is 7.39. The van der Waals surface area contributed by atoms with E-state index < -0.39 is 5.91 Å². The molecule has 3 rings (SSSR count). The zero-order valence-electron chi connectivity index (χ0n) is 13.1. The van der Waals surface area contributed by atoms with Crippen molar-refractivity contribution in [2.75, 3.05) is 5.32 Å². The highest BCUT2D eigenvalue weighted by molar-refractivity contribution is 7.11. The van der Waals surface area contributed by atoms with Crippen LogP contribution in [0.25, 0.3) is 0 Å². The van der Waals surface area contributed by atoms with Gasteiger partial charge in [0.1, 0.15) is 5.70 Å². The number of benzene rings is 1. The maximum Gasteiger partial charge on any atom is 0.271 e. The van der Waals surface area contributed by atoms with Crippen LogP contribution in [0, 0.1) is 0 Å². The van der Waals surface area contributed by atoms with E-state index in [1.54, 1.807) is 16.4 Å². The van der Waals surface area contributed by atoms with Gasteiger partial charge in [0.25, 0.3) is 5.91 Å². The maximum absolute atomic E-state index is 12.1. The van der Waals surface area contributed by atoms with E-state index >= 15 is 0 Å². The lowest BCUT2D eigenvalue weighted by Gasteiger charge is -2.03. The molecule has 8 heteroatoms. The number of hydrogen-bond acceptors (Lipinski definition) is 6. The average molecular weight is 353 g/mol. The largest absolute Gasteiger partial charge is 0.394 e. The predicted molar refractivity (Wildman–Crippen MR) is 95.1 cm³/mol. The molecule has 0 spiro atoms. The molecule has 3 aromatic rings. The quantitative estimate of drug-likeness (QED) is 0.521. The summed E-state index contributed by atoms with van der Waals surface area (Å²) < 4.78 is 1.70. The van der Waals surface area contributed by atoms with E-state index in [9.17, 15) is 9.59 Å². The van der Waals surface area contributed by atoms with Gasteiger partial charge >= 0.3 is 0 Å². The van der Waals surface area contributed by atoms with Crippen LogP contribution in [-0.2, 0) is 11.3 Å². The smallest absolute Gasteiger partial charge is 0.271 e. The Labute approximate surface area is 147 Å². The number of thiazole rings is 1. The molecule has 126 valence electrons. The third kappa shape index (κ3) is 4.39. The third-order valence-corrected chi connectivity index (χ3v) is 4.09. The van der Waals surface area contributed by atoms with Gasteiger partial charge in [-0.3, -0.25) is 19.3 Å². The van der Waals surface area contributed by atoms with Crippen LogP contribution in [0.3, 0.4) is 0 Å². The molecule has 0 saturated heterocycles. The number of amides is 1. The van der Waals surface area contributed by atoms with Crippen LogP contribution >= 0.6 is 11.3 Å². The first-order valence-corrected chi connectivity index (χ1v) is 8.27. The van der Waals surface area contributed by atoms with Crippen molar-refractivity contribution in [2.45, 2.75) is 6.54 Å². The van der Waals surface area contributed by atoms with Gasteiger partial charge in [-0.2, -0.15) is 5.10 Å². The average Bonchev–Trinajstić information content (AvgIpc) is 3.28. The standard InChI is InChI=1S/C17H15N5O2S/c18-14(6-15(23)16-8-19-11-25-16)17(24)21-13-7-20-22(10-13)9-12-4-2-1-3-5-12/h1-8,10-11H,9,18H2,(H,21,24). The monoisotopic (exact) mass is 353 g/mol. The molecule has 0 bridgehead atoms. The lowest BCUT2D eigenvalue weighted by atomic mass is 10.2. The van der Waals surface area contributed by atoms with Gasteiger partial charge in [0, 0.05) is 18.5 Å². The van der Waals surface area contributed by atoms with Gasteiger partial charge in [-0.05, 0) is 5.56 Å². The number of allylic oxidation sites excluding steroid dienone is 1. The molecule has 0 aliphatic heterocycles. The van der Waals surface area contributed by atoms with Crippen molar-refractivity contribution in [2.24, 2.45) is 5.73 Å². The van der Waals surface area contributed by atoms with Crippen LogP contribution in [0.2, 0.25) is 0 Å². The normalized spacial score (nSPS) is 11.3. The molecule has 0 atom stereocenters. The van der Waals surface area contributed by atoms with E-state index in [-0.39, 0.29) is 11.5 Å². The highest BCUT2D eigenvalue weighted by Gasteiger charge is 2.11. The molecule has 3 N–H and O–H groups in total. The summed E-state index contributed by atoms with van der Waals surface area (Å²) >= 11 is 1.19. The highest BCUT2D eigenvalue weighted by atomic mass is 32.1. The molecule has 7 nitrogen and oxygen atoms in total. The first-order chi connectivity index (χ1) is 12.1. The Morgan fingerprint density at radius 2 is 2.04 bits per heavy atom. The molecule has 0 saturated carbocycles. The number of aromatic nitrogens is 3. The third-order valence-electron chi connectivity index (χ3n) is 3.30. The molecule has 2 heterocycles. The minimum atomic E-state index is -0.558. The molecule has 1 amide bonds. The molecule has 25 heavy (non-hydrogen) atoms. The number of hydrogen-bond donors (Lipinski definition) is 2. The summed E-state index contributed by atoms with van der Waals surface area (Å²) in [6.07, 6.45) is 5.75. The Balaban J connectivity index is 1.62. The molecule has 0 unspecified atom stereocenters. The van der Waals surface area contributed by atoms with Crippen molar-refractivity contribution < 1.29 is 9.59 Å². The fourth-order valence-electron chi connectivity index (χ4n) is 2.10. The van der Waals surface area contributed by atoms with Crippen LogP contribution in [0.15, 0.2) is 66.2 Å². The van der Waals surface area contributed by atoms with Crippen molar-refractivity contribution >= 4 is 28.7 Å². The second-order valence-electron chi connectivity index (χ2n) is 5.20. The Morgan fingerprint density at radius 3 is 2.76 bits per heavy atom. The van der Waals surface area contributed by atoms with E-state index in [1.807, 2.05) is 30.3 Å². The van der Waals surface area contributed by atoms with E-state index in [0.717, 1.165) is 11.6 Å². The second kappa shape index (κ2) is 7.54. The molecule has 0 aliphatic rings. The van der Waals surface area contributed by atoms with Crippen molar-refractivity contribution in [1.82, 2.24) is 14.8 Å². The number of carbonyl (C=O) groups is 2. The molecule has 0 aliphatic carbocycles. The molecular weight excluding hydrogens is 338 g/mol. The summed E-state index contributed by atoms with van der Waals surface area (Å²) in [6, 6.07) is 9.83. The van der Waals surface area contributed by atoms with Crippen LogP contribution in [0.4, 0.5) is 5.69 Å². The summed E-state index contributed by atoms with van der Waals surface area (Å²) in [5.41, 5.74) is 8.65. The number of anilines is 1. The Bertz CT molecular complexity index is 900. The summed E-state index contributed by atoms with van der Waals surface area (Å²) in [4.78, 5) is 28.2. The van der Waals surface area contributed by atoms with Gasteiger partial charge in [0.2, 0.25) is 0 Å². The van der Waals surface area contributed by atoms with Gasteiger partial charge in [0.05, 0.1) is 28.8 Å². The number of nitrogens with two attached hydrogens (primary N) is 1. The molecule has 0 fully saturated rings. The van der Waals surface area contributed by atoms with Crippen LogP contribution < -0.4 is 11.1 Å². The number of ketones is 1. The number of carbonyl (C=O) groups excluding carboxylic acids is 2. The summed E-state index contributed by atoms with van der Waals surface area (Å²) in [5, 5.41) is 6.81. The minimum Gasteiger partial charge on any atom is -0.394 e. The Morgan fingerprint density at radius 1 is 1.24 bits per heavy atom. The zero-order valence-corrected chi connectivity index (χ0v) is 13.9. The fourth-order valence-corrected chi connectivity index (χ4v) is 2.64. The van der Waals surface area contributed by atoms with Gasteiger partial charge in [-0.25, -0.2) is 0 Å². The van der Waals surface area contributed by atoms with Crippen LogP contribution in [0.1, 0.15) is 15.2 Å². The predicted octanol–water partition coefficient (Wildman–Crippen LogP) is 2.05. The molecule has 1 aromatic carbocycles. The van der Waals surface area contributed by atoms with Crippen LogP contribution in [-0.4, -0.2) is 26.5 Å². The van der Waals surface area contributed by atoms with Gasteiger partial charge < -0.3 is 11.1 Å². The Kier molecular flexibility index (Phi) is 5.00. The van der Waals surface area contributed by atoms with Crippen molar-refractivity contribution in [3.8, 4) is 0 Å². The minimum absolute atomic E-state index is 0.172. The van der Waals surface area contributed by atoms with Gasteiger partial charge in [-0.1, -0.05) is 30.3 Å². The first kappa shape index (κ1) is 16.6. The van der Waals surface area contributed by atoms with Crippen molar-refractivity contribution in [3.63, 3.8) is 0 Å². The molecule has 2 aromatic heterocycles. The van der Waals surface area contributed by atoms with Crippen molar-refractivity contribution in [1.29, 1.82) is 0 Å². The van der Waals surface area contributed by atoms with E-state index in [0.29, 0.717) is 17.1 Å². The van der Waals surface area contributed by atoms with Crippen LogP contribution in [0.5, 0.6) is 0 Å². The maximum atomic E-state index is 12.1. The van der Waals surface area contributed by atoms with Gasteiger partial charge in [0.15, 0.2) is 5.78 Å². The second-order valence-corrected chi connectivity index (χ2v) is 6.08. The summed E-state index contributed by atoms with van der Waals surface area (Å²) in [6.45, 7) is 0.589. The summed E-state index contributed by atoms with van der Waals surface area (Å²) in [7, 11) is 0. The van der Waals surface area contributed by atoms with Gasteiger partial charge in [-0.15, -0.1) is 11.3 Å².